The summed E-state index contributed by atoms with van der Waals surface area (Å²) in [5.74, 6) is -1.46. The van der Waals surface area contributed by atoms with E-state index in [9.17, 15) is 13.6 Å². The molecule has 1 amide bonds. The van der Waals surface area contributed by atoms with Crippen LogP contribution in [0, 0.1) is 11.6 Å². The normalized spacial score (nSPS) is 15.8. The molecule has 0 atom stereocenters. The standard InChI is InChI=1S/C28H26F2N2O/c29-24-10-12-26(27(30)17-24)20-5-7-21(8-6-20)28(33)31-25-11-9-22-15-19(3-4-23(22)16-25)18-32-13-1-2-14-32/h5-12,15-17H,1-4,13-14,18H2,(H,31,33). The number of anilines is 1. The van der Waals surface area contributed by atoms with Crippen molar-refractivity contribution in [2.75, 3.05) is 25.0 Å². The topological polar surface area (TPSA) is 32.3 Å². The number of nitrogens with zero attached hydrogens (tertiary/aromatic N) is 1. The van der Waals surface area contributed by atoms with E-state index in [1.807, 2.05) is 6.07 Å². The summed E-state index contributed by atoms with van der Waals surface area (Å²) in [5.41, 5.74) is 6.11. The van der Waals surface area contributed by atoms with Crippen LogP contribution >= 0.6 is 0 Å². The van der Waals surface area contributed by atoms with Gasteiger partial charge in [0.25, 0.3) is 5.91 Å². The maximum absolute atomic E-state index is 14.0. The first-order valence-corrected chi connectivity index (χ1v) is 11.5. The molecule has 5 heteroatoms. The van der Waals surface area contributed by atoms with Gasteiger partial charge in [-0.1, -0.05) is 29.8 Å². The molecule has 2 aliphatic rings. The monoisotopic (exact) mass is 444 g/mol. The number of likely N-dealkylation sites (tertiary alicyclic amines) is 1. The lowest BCUT2D eigenvalue weighted by molar-refractivity contribution is 0.102. The minimum Gasteiger partial charge on any atom is -0.322 e. The molecule has 3 aromatic rings. The van der Waals surface area contributed by atoms with E-state index in [1.165, 1.54) is 54.8 Å². The molecule has 1 N–H and O–H groups in total. The molecule has 0 aromatic heterocycles. The number of carbonyl (C=O) groups is 1. The average molecular weight is 445 g/mol. The van der Waals surface area contributed by atoms with Crippen molar-refractivity contribution in [2.24, 2.45) is 0 Å². The van der Waals surface area contributed by atoms with E-state index in [-0.39, 0.29) is 5.91 Å². The Morgan fingerprint density at radius 2 is 1.70 bits per heavy atom. The molecule has 1 saturated heterocycles. The Kier molecular flexibility index (Phi) is 6.05. The molecule has 168 valence electrons. The van der Waals surface area contributed by atoms with Gasteiger partial charge in [0.1, 0.15) is 11.6 Å². The number of benzene rings is 3. The summed E-state index contributed by atoms with van der Waals surface area (Å²) < 4.78 is 27.2. The zero-order chi connectivity index (χ0) is 22.8. The first-order valence-electron chi connectivity index (χ1n) is 11.5. The van der Waals surface area contributed by atoms with E-state index in [1.54, 1.807) is 24.3 Å². The van der Waals surface area contributed by atoms with Crippen molar-refractivity contribution in [3.05, 3.63) is 94.6 Å². The van der Waals surface area contributed by atoms with Crippen LogP contribution in [-0.2, 0) is 6.42 Å². The molecule has 1 aliphatic carbocycles. The smallest absolute Gasteiger partial charge is 0.255 e. The SMILES string of the molecule is O=C(Nc1ccc2c(c1)CCC(CN1CCCC1)=C2)c1ccc(-c2ccc(F)cc2F)cc1. The molecular formula is C28H26F2N2O. The highest BCUT2D eigenvalue weighted by molar-refractivity contribution is 6.04. The predicted octanol–water partition coefficient (Wildman–Crippen LogP) is 6.31. The third-order valence-electron chi connectivity index (χ3n) is 6.49. The fourth-order valence-corrected chi connectivity index (χ4v) is 4.71. The van der Waals surface area contributed by atoms with Gasteiger partial charge in [-0.25, -0.2) is 8.78 Å². The minimum atomic E-state index is -0.626. The van der Waals surface area contributed by atoms with Crippen LogP contribution in [0.15, 0.2) is 66.2 Å². The lowest BCUT2D eigenvalue weighted by Crippen LogP contribution is -2.23. The minimum absolute atomic E-state index is 0.220. The van der Waals surface area contributed by atoms with Gasteiger partial charge in [0.2, 0.25) is 0 Å². The molecule has 1 heterocycles. The van der Waals surface area contributed by atoms with Crippen molar-refractivity contribution in [3.63, 3.8) is 0 Å². The molecular weight excluding hydrogens is 418 g/mol. The van der Waals surface area contributed by atoms with Crippen molar-refractivity contribution in [2.45, 2.75) is 25.7 Å². The quantitative estimate of drug-likeness (QED) is 0.500. The molecule has 1 aliphatic heterocycles. The van der Waals surface area contributed by atoms with Gasteiger partial charge in [-0.3, -0.25) is 9.69 Å². The lowest BCUT2D eigenvalue weighted by atomic mass is 9.91. The second kappa shape index (κ2) is 9.28. The van der Waals surface area contributed by atoms with Crippen molar-refractivity contribution >= 4 is 17.7 Å². The summed E-state index contributed by atoms with van der Waals surface area (Å²) in [6.45, 7) is 3.47. The Bertz CT molecular complexity index is 1210. The van der Waals surface area contributed by atoms with Gasteiger partial charge < -0.3 is 5.32 Å². The fourth-order valence-electron chi connectivity index (χ4n) is 4.71. The Hall–Kier alpha value is -3.31. The van der Waals surface area contributed by atoms with E-state index in [0.717, 1.165) is 31.1 Å². The van der Waals surface area contributed by atoms with Crippen molar-refractivity contribution in [1.29, 1.82) is 0 Å². The highest BCUT2D eigenvalue weighted by Crippen LogP contribution is 2.28. The number of nitrogens with one attached hydrogen (secondary N) is 1. The number of carbonyl (C=O) groups excluding carboxylic acids is 1. The molecule has 3 aromatic carbocycles. The molecule has 0 bridgehead atoms. The molecule has 33 heavy (non-hydrogen) atoms. The van der Waals surface area contributed by atoms with Crippen molar-refractivity contribution in [3.8, 4) is 11.1 Å². The summed E-state index contributed by atoms with van der Waals surface area (Å²) >= 11 is 0. The van der Waals surface area contributed by atoms with E-state index in [0.29, 0.717) is 16.7 Å². The van der Waals surface area contributed by atoms with Crippen molar-refractivity contribution < 1.29 is 13.6 Å². The van der Waals surface area contributed by atoms with Crippen molar-refractivity contribution in [1.82, 2.24) is 4.90 Å². The third kappa shape index (κ3) is 4.88. The van der Waals surface area contributed by atoms with E-state index < -0.39 is 11.6 Å². The van der Waals surface area contributed by atoms with Crippen LogP contribution in [0.25, 0.3) is 17.2 Å². The van der Waals surface area contributed by atoms with E-state index in [2.05, 4.69) is 28.4 Å². The maximum Gasteiger partial charge on any atom is 0.255 e. The zero-order valence-corrected chi connectivity index (χ0v) is 18.4. The second-order valence-corrected chi connectivity index (χ2v) is 8.86. The Morgan fingerprint density at radius 1 is 0.909 bits per heavy atom. The zero-order valence-electron chi connectivity index (χ0n) is 18.4. The van der Waals surface area contributed by atoms with Crippen LogP contribution in [0.2, 0.25) is 0 Å². The number of fused-ring (bicyclic) bond motifs is 1. The Morgan fingerprint density at radius 3 is 2.45 bits per heavy atom. The third-order valence-corrected chi connectivity index (χ3v) is 6.49. The van der Waals surface area contributed by atoms with Gasteiger partial charge in [0.15, 0.2) is 0 Å². The van der Waals surface area contributed by atoms with Crippen LogP contribution in [0.3, 0.4) is 0 Å². The summed E-state index contributed by atoms with van der Waals surface area (Å²) in [6, 6.07) is 16.2. The molecule has 0 saturated carbocycles. The van der Waals surface area contributed by atoms with Gasteiger partial charge in [-0.15, -0.1) is 0 Å². The fraction of sp³-hybridized carbons (Fsp3) is 0.250. The maximum atomic E-state index is 14.0. The molecule has 0 radical (unpaired) electrons. The summed E-state index contributed by atoms with van der Waals surface area (Å²) in [7, 11) is 0. The number of hydrogen-bond acceptors (Lipinski definition) is 2. The number of amides is 1. The van der Waals surface area contributed by atoms with Crippen LogP contribution < -0.4 is 5.32 Å². The summed E-state index contributed by atoms with van der Waals surface area (Å²) in [5, 5.41) is 2.96. The Balaban J connectivity index is 1.26. The largest absolute Gasteiger partial charge is 0.322 e. The first-order chi connectivity index (χ1) is 16.0. The number of aryl methyl sites for hydroxylation is 1. The molecule has 3 nitrogen and oxygen atoms in total. The van der Waals surface area contributed by atoms with Crippen LogP contribution in [-0.4, -0.2) is 30.4 Å². The lowest BCUT2D eigenvalue weighted by Gasteiger charge is -2.22. The van der Waals surface area contributed by atoms with Gasteiger partial charge in [-0.05, 0) is 91.9 Å². The highest BCUT2D eigenvalue weighted by Gasteiger charge is 2.17. The molecule has 0 spiro atoms. The van der Waals surface area contributed by atoms with Gasteiger partial charge in [0.05, 0.1) is 0 Å². The van der Waals surface area contributed by atoms with E-state index >= 15 is 0 Å². The molecule has 0 unspecified atom stereocenters. The van der Waals surface area contributed by atoms with Gasteiger partial charge >= 0.3 is 0 Å². The predicted molar refractivity (Wildman–Crippen MR) is 128 cm³/mol. The Labute approximate surface area is 192 Å². The average Bonchev–Trinajstić information content (AvgIpc) is 3.32. The summed E-state index contributed by atoms with van der Waals surface area (Å²) in [6.07, 6.45) is 6.95. The highest BCUT2D eigenvalue weighted by atomic mass is 19.1. The van der Waals surface area contributed by atoms with Gasteiger partial charge in [-0.2, -0.15) is 0 Å². The van der Waals surface area contributed by atoms with Crippen LogP contribution in [0.1, 0.15) is 40.7 Å². The van der Waals surface area contributed by atoms with Crippen LogP contribution in [0.4, 0.5) is 14.5 Å². The molecule has 5 rings (SSSR count). The number of rotatable bonds is 5. The first kappa shape index (κ1) is 21.5. The summed E-state index contributed by atoms with van der Waals surface area (Å²) in [4.78, 5) is 15.3. The van der Waals surface area contributed by atoms with E-state index in [4.69, 9.17) is 0 Å². The number of halogens is 2. The van der Waals surface area contributed by atoms with Gasteiger partial charge in [0, 0.05) is 29.4 Å². The molecule has 1 fully saturated rings. The second-order valence-electron chi connectivity index (χ2n) is 8.86. The van der Waals surface area contributed by atoms with Crippen LogP contribution in [0.5, 0.6) is 0 Å². The number of hydrogen-bond donors (Lipinski definition) is 1.